The molecule has 0 fully saturated rings. The maximum absolute atomic E-state index is 11.2. The Hall–Kier alpha value is -1.56. The number of nitrogens with one attached hydrogen (secondary N) is 3. The van der Waals surface area contributed by atoms with Gasteiger partial charge in [0, 0.05) is 12.7 Å². The van der Waals surface area contributed by atoms with Gasteiger partial charge in [-0.1, -0.05) is 0 Å². The minimum Gasteiger partial charge on any atom is -0.392 e. The number of hydrogen-bond acceptors (Lipinski definition) is 3. The van der Waals surface area contributed by atoms with E-state index in [2.05, 4.69) is 15.3 Å². The Morgan fingerprint density at radius 3 is 2.92 bits per heavy atom. The molecular weight excluding hydrogens is 174 g/mol. The number of imidazole rings is 1. The summed E-state index contributed by atoms with van der Waals surface area (Å²) in [5.41, 5.74) is -0.271. The number of carbonyl (C=O) groups excluding carboxylic acids is 1. The second kappa shape index (κ2) is 3.90. The Kier molecular flexibility index (Phi) is 2.86. The highest BCUT2D eigenvalue weighted by atomic mass is 16.3. The molecule has 6 heteroatoms. The number of H-pyrrole nitrogens is 2. The van der Waals surface area contributed by atoms with Crippen molar-refractivity contribution in [3.8, 4) is 0 Å². The van der Waals surface area contributed by atoms with Gasteiger partial charge in [0.05, 0.1) is 6.10 Å². The number of aliphatic hydroxyl groups excluding tert-OH is 1. The van der Waals surface area contributed by atoms with E-state index in [-0.39, 0.29) is 12.2 Å². The second-order valence-corrected chi connectivity index (χ2v) is 2.72. The molecule has 0 saturated heterocycles. The molecule has 1 rings (SSSR count). The van der Waals surface area contributed by atoms with Crippen molar-refractivity contribution in [1.82, 2.24) is 15.3 Å². The normalized spacial score (nSPS) is 12.5. The van der Waals surface area contributed by atoms with Crippen LogP contribution in [0, 0.1) is 0 Å². The van der Waals surface area contributed by atoms with Gasteiger partial charge in [-0.2, -0.15) is 0 Å². The molecule has 0 aromatic carbocycles. The van der Waals surface area contributed by atoms with Crippen molar-refractivity contribution in [2.75, 3.05) is 6.54 Å². The molecule has 0 aliphatic carbocycles. The number of aromatic nitrogens is 2. The van der Waals surface area contributed by atoms with E-state index in [0.717, 1.165) is 0 Å². The van der Waals surface area contributed by atoms with Crippen molar-refractivity contribution in [3.05, 3.63) is 22.4 Å². The predicted octanol–water partition coefficient (Wildman–Crippen LogP) is -1.19. The molecular formula is C7H11N3O3. The van der Waals surface area contributed by atoms with Crippen LogP contribution < -0.4 is 11.0 Å². The van der Waals surface area contributed by atoms with Crippen LogP contribution >= 0.6 is 0 Å². The van der Waals surface area contributed by atoms with E-state index >= 15 is 0 Å². The molecule has 4 N–H and O–H groups in total. The van der Waals surface area contributed by atoms with Gasteiger partial charge in [0.15, 0.2) is 0 Å². The molecule has 0 saturated carbocycles. The van der Waals surface area contributed by atoms with E-state index in [1.165, 1.54) is 6.20 Å². The van der Waals surface area contributed by atoms with Crippen molar-refractivity contribution in [1.29, 1.82) is 0 Å². The van der Waals surface area contributed by atoms with E-state index in [1.807, 2.05) is 0 Å². The highest BCUT2D eigenvalue weighted by Crippen LogP contribution is 1.87. The van der Waals surface area contributed by atoms with Crippen LogP contribution in [-0.4, -0.2) is 33.6 Å². The first-order chi connectivity index (χ1) is 6.09. The third kappa shape index (κ3) is 2.75. The van der Waals surface area contributed by atoms with E-state index in [4.69, 9.17) is 5.11 Å². The second-order valence-electron chi connectivity index (χ2n) is 2.72. The van der Waals surface area contributed by atoms with Crippen LogP contribution in [0.4, 0.5) is 0 Å². The number of carbonyl (C=O) groups is 1. The largest absolute Gasteiger partial charge is 0.392 e. The highest BCUT2D eigenvalue weighted by Gasteiger charge is 2.07. The SMILES string of the molecule is CC(O)CNC(=O)c1c[nH]c(=O)[nH]1. The molecule has 6 nitrogen and oxygen atoms in total. The summed E-state index contributed by atoms with van der Waals surface area (Å²) in [6, 6.07) is 0. The molecule has 0 bridgehead atoms. The van der Waals surface area contributed by atoms with Gasteiger partial charge in [0.2, 0.25) is 0 Å². The average molecular weight is 185 g/mol. The fourth-order valence-corrected chi connectivity index (χ4v) is 0.790. The summed E-state index contributed by atoms with van der Waals surface area (Å²) in [6.07, 6.45) is 0.675. The van der Waals surface area contributed by atoms with E-state index in [0.29, 0.717) is 0 Å². The third-order valence-corrected chi connectivity index (χ3v) is 1.40. The summed E-state index contributed by atoms with van der Waals surface area (Å²) in [4.78, 5) is 26.3. The standard InChI is InChI=1S/C7H11N3O3/c1-4(11)2-8-6(12)5-3-9-7(13)10-5/h3-4,11H,2H2,1H3,(H,8,12)(H2,9,10,13). The van der Waals surface area contributed by atoms with Crippen LogP contribution in [0.2, 0.25) is 0 Å². The molecule has 1 atom stereocenters. The van der Waals surface area contributed by atoms with Crippen LogP contribution in [0.1, 0.15) is 17.4 Å². The summed E-state index contributed by atoms with van der Waals surface area (Å²) in [6.45, 7) is 1.71. The van der Waals surface area contributed by atoms with Gasteiger partial charge < -0.3 is 20.4 Å². The lowest BCUT2D eigenvalue weighted by Crippen LogP contribution is -2.31. The van der Waals surface area contributed by atoms with E-state index in [9.17, 15) is 9.59 Å². The van der Waals surface area contributed by atoms with Crippen LogP contribution in [0.3, 0.4) is 0 Å². The number of aromatic amines is 2. The third-order valence-electron chi connectivity index (χ3n) is 1.40. The van der Waals surface area contributed by atoms with E-state index in [1.54, 1.807) is 6.92 Å². The zero-order valence-electron chi connectivity index (χ0n) is 7.13. The number of hydrogen-bond donors (Lipinski definition) is 4. The smallest absolute Gasteiger partial charge is 0.323 e. The monoisotopic (exact) mass is 185 g/mol. The molecule has 13 heavy (non-hydrogen) atoms. The molecule has 1 heterocycles. The van der Waals surface area contributed by atoms with Gasteiger partial charge in [0.25, 0.3) is 5.91 Å². The minimum atomic E-state index is -0.602. The summed E-state index contributed by atoms with van der Waals surface area (Å²) < 4.78 is 0. The molecule has 1 unspecified atom stereocenters. The Morgan fingerprint density at radius 1 is 1.77 bits per heavy atom. The highest BCUT2D eigenvalue weighted by molar-refractivity contribution is 5.91. The Morgan fingerprint density at radius 2 is 2.46 bits per heavy atom. The lowest BCUT2D eigenvalue weighted by Gasteiger charge is -2.04. The summed E-state index contributed by atoms with van der Waals surface area (Å²) >= 11 is 0. The summed E-state index contributed by atoms with van der Waals surface area (Å²) in [7, 11) is 0. The first-order valence-electron chi connectivity index (χ1n) is 3.83. The van der Waals surface area contributed by atoms with Crippen molar-refractivity contribution < 1.29 is 9.90 Å². The maximum atomic E-state index is 11.2. The van der Waals surface area contributed by atoms with Crippen molar-refractivity contribution in [2.24, 2.45) is 0 Å². The Labute approximate surface area is 74.0 Å². The van der Waals surface area contributed by atoms with Gasteiger partial charge in [-0.05, 0) is 6.92 Å². The zero-order valence-corrected chi connectivity index (χ0v) is 7.13. The fourth-order valence-electron chi connectivity index (χ4n) is 0.790. The van der Waals surface area contributed by atoms with Crippen LogP contribution in [0.15, 0.2) is 11.0 Å². The lowest BCUT2D eigenvalue weighted by molar-refractivity contribution is 0.0919. The predicted molar refractivity (Wildman–Crippen MR) is 45.4 cm³/mol. The first kappa shape index (κ1) is 9.53. The minimum absolute atomic E-state index is 0.158. The quantitative estimate of drug-likeness (QED) is 0.476. The summed E-state index contributed by atoms with van der Waals surface area (Å²) in [5.74, 6) is -0.417. The van der Waals surface area contributed by atoms with Gasteiger partial charge in [-0.3, -0.25) is 4.79 Å². The van der Waals surface area contributed by atoms with Crippen molar-refractivity contribution in [3.63, 3.8) is 0 Å². The maximum Gasteiger partial charge on any atom is 0.323 e. The van der Waals surface area contributed by atoms with Crippen LogP contribution in [0.5, 0.6) is 0 Å². The molecule has 1 aromatic rings. The molecule has 1 aromatic heterocycles. The molecule has 0 spiro atoms. The van der Waals surface area contributed by atoms with Crippen molar-refractivity contribution >= 4 is 5.91 Å². The van der Waals surface area contributed by atoms with Crippen molar-refractivity contribution in [2.45, 2.75) is 13.0 Å². The lowest BCUT2D eigenvalue weighted by atomic mass is 10.4. The first-order valence-corrected chi connectivity index (χ1v) is 3.83. The topological polar surface area (TPSA) is 98.0 Å². The number of aliphatic hydroxyl groups is 1. The Bertz CT molecular complexity index is 339. The summed E-state index contributed by atoms with van der Waals surface area (Å²) in [5, 5.41) is 11.3. The average Bonchev–Trinajstić information content (AvgIpc) is 2.47. The molecule has 0 aliphatic heterocycles. The Balaban J connectivity index is 2.54. The molecule has 0 aliphatic rings. The van der Waals surface area contributed by atoms with Gasteiger partial charge in [0.1, 0.15) is 5.69 Å². The van der Waals surface area contributed by atoms with Gasteiger partial charge in [-0.25, -0.2) is 4.79 Å². The number of rotatable bonds is 3. The zero-order chi connectivity index (χ0) is 9.84. The van der Waals surface area contributed by atoms with Gasteiger partial charge >= 0.3 is 5.69 Å². The number of amides is 1. The molecule has 72 valence electrons. The van der Waals surface area contributed by atoms with Crippen LogP contribution in [-0.2, 0) is 0 Å². The van der Waals surface area contributed by atoms with Gasteiger partial charge in [-0.15, -0.1) is 0 Å². The molecule has 0 radical (unpaired) electrons. The van der Waals surface area contributed by atoms with E-state index < -0.39 is 17.7 Å². The fraction of sp³-hybridized carbons (Fsp3) is 0.429. The molecule has 1 amide bonds. The van der Waals surface area contributed by atoms with Crippen LogP contribution in [0.25, 0.3) is 0 Å².